The number of carbonyl (C=O) groups is 2. The van der Waals surface area contributed by atoms with Gasteiger partial charge in [-0.15, -0.1) is 0 Å². The van der Waals surface area contributed by atoms with Crippen molar-refractivity contribution in [3.63, 3.8) is 0 Å². The maximum absolute atomic E-state index is 13.0. The quantitative estimate of drug-likeness (QED) is 0.857. The molecule has 2 heterocycles. The summed E-state index contributed by atoms with van der Waals surface area (Å²) in [6.45, 7) is 1.43. The third-order valence-electron chi connectivity index (χ3n) is 4.34. The van der Waals surface area contributed by atoms with E-state index in [4.69, 9.17) is 0 Å². The van der Waals surface area contributed by atoms with Crippen molar-refractivity contribution in [3.8, 4) is 0 Å². The number of urea groups is 1. The number of hydrogen-bond donors (Lipinski definition) is 2. The third kappa shape index (κ3) is 3.61. The molecule has 2 N–H and O–H groups in total. The Kier molecular flexibility index (Phi) is 4.47. The molecule has 0 saturated carbocycles. The van der Waals surface area contributed by atoms with E-state index in [1.807, 2.05) is 0 Å². The summed E-state index contributed by atoms with van der Waals surface area (Å²) in [5, 5.41) is 12.3. The van der Waals surface area contributed by atoms with E-state index < -0.39 is 0 Å². The van der Waals surface area contributed by atoms with Crippen LogP contribution in [0.25, 0.3) is 0 Å². The van der Waals surface area contributed by atoms with Gasteiger partial charge in [-0.3, -0.25) is 4.79 Å². The third-order valence-corrected chi connectivity index (χ3v) is 4.34. The number of nitrogens with one attached hydrogen (secondary N) is 1. The normalized spacial score (nSPS) is 22.5. The number of likely N-dealkylation sites (tertiary alicyclic amines) is 1. The monoisotopic (exact) mass is 321 g/mol. The summed E-state index contributed by atoms with van der Waals surface area (Å²) in [7, 11) is 0. The number of hydrogen-bond acceptors (Lipinski definition) is 3. The van der Waals surface area contributed by atoms with Crippen LogP contribution in [0.3, 0.4) is 0 Å². The van der Waals surface area contributed by atoms with E-state index in [2.05, 4.69) is 5.32 Å². The number of piperidine rings is 1. The molecule has 1 atom stereocenters. The van der Waals surface area contributed by atoms with Crippen LogP contribution < -0.4 is 10.2 Å². The minimum atomic E-state index is -0.350. The lowest BCUT2D eigenvalue weighted by Crippen LogP contribution is -2.49. The Labute approximate surface area is 133 Å². The van der Waals surface area contributed by atoms with Gasteiger partial charge in [0.15, 0.2) is 0 Å². The van der Waals surface area contributed by atoms with Crippen LogP contribution in [0.15, 0.2) is 24.3 Å². The van der Waals surface area contributed by atoms with Crippen molar-refractivity contribution in [2.45, 2.75) is 31.4 Å². The summed E-state index contributed by atoms with van der Waals surface area (Å²) < 4.78 is 13.0. The zero-order valence-electron chi connectivity index (χ0n) is 12.7. The van der Waals surface area contributed by atoms with Gasteiger partial charge >= 0.3 is 6.03 Å². The first-order chi connectivity index (χ1) is 11.0. The van der Waals surface area contributed by atoms with Crippen LogP contribution in [0, 0.1) is 5.82 Å². The second-order valence-electron chi connectivity index (χ2n) is 6.05. The largest absolute Gasteiger partial charge is 0.393 e. The van der Waals surface area contributed by atoms with Crippen LogP contribution in [0.2, 0.25) is 0 Å². The molecule has 6 nitrogen and oxygen atoms in total. The van der Waals surface area contributed by atoms with Crippen molar-refractivity contribution in [1.82, 2.24) is 10.2 Å². The molecule has 0 unspecified atom stereocenters. The van der Waals surface area contributed by atoms with Crippen molar-refractivity contribution in [2.24, 2.45) is 0 Å². The second-order valence-corrected chi connectivity index (χ2v) is 6.05. The summed E-state index contributed by atoms with van der Waals surface area (Å²) in [6.07, 6.45) is 1.07. The SMILES string of the molecule is O=C(N[C@@H]1CC(=O)N(c2ccc(F)cc2)C1)N1CCC(O)CC1. The molecule has 0 aromatic heterocycles. The zero-order chi connectivity index (χ0) is 16.4. The van der Waals surface area contributed by atoms with Crippen LogP contribution in [-0.4, -0.2) is 53.7 Å². The van der Waals surface area contributed by atoms with Gasteiger partial charge in [0.05, 0.1) is 12.1 Å². The van der Waals surface area contributed by atoms with Gasteiger partial charge in [-0.2, -0.15) is 0 Å². The molecule has 0 radical (unpaired) electrons. The van der Waals surface area contributed by atoms with Crippen molar-refractivity contribution < 1.29 is 19.1 Å². The van der Waals surface area contributed by atoms with E-state index in [1.165, 1.54) is 12.1 Å². The number of halogens is 1. The predicted octanol–water partition coefficient (Wildman–Crippen LogP) is 1.10. The number of anilines is 1. The van der Waals surface area contributed by atoms with Crippen molar-refractivity contribution in [2.75, 3.05) is 24.5 Å². The van der Waals surface area contributed by atoms with Crippen LogP contribution in [0.4, 0.5) is 14.9 Å². The molecule has 7 heteroatoms. The molecule has 0 bridgehead atoms. The molecule has 1 aromatic carbocycles. The van der Waals surface area contributed by atoms with Crippen LogP contribution in [-0.2, 0) is 4.79 Å². The predicted molar refractivity (Wildman–Crippen MR) is 82.5 cm³/mol. The van der Waals surface area contributed by atoms with E-state index >= 15 is 0 Å². The maximum atomic E-state index is 13.0. The molecular formula is C16H20FN3O3. The number of rotatable bonds is 2. The fraction of sp³-hybridized carbons (Fsp3) is 0.500. The number of aliphatic hydroxyl groups is 1. The molecule has 23 heavy (non-hydrogen) atoms. The summed E-state index contributed by atoms with van der Waals surface area (Å²) in [6, 6.07) is 5.29. The Hall–Kier alpha value is -2.15. The first kappa shape index (κ1) is 15.7. The minimum absolute atomic E-state index is 0.0871. The first-order valence-electron chi connectivity index (χ1n) is 7.82. The Morgan fingerprint density at radius 2 is 1.87 bits per heavy atom. The fourth-order valence-electron chi connectivity index (χ4n) is 3.01. The number of nitrogens with zero attached hydrogens (tertiary/aromatic N) is 2. The summed E-state index contributed by atoms with van der Waals surface area (Å²) in [5.41, 5.74) is 0.634. The molecule has 124 valence electrons. The summed E-state index contributed by atoms with van der Waals surface area (Å²) in [4.78, 5) is 27.5. The number of aliphatic hydroxyl groups excluding tert-OH is 1. The molecule has 3 amide bonds. The molecule has 3 rings (SSSR count). The molecule has 1 aromatic rings. The Morgan fingerprint density at radius 3 is 2.52 bits per heavy atom. The lowest BCUT2D eigenvalue weighted by Gasteiger charge is -2.30. The highest BCUT2D eigenvalue weighted by Crippen LogP contribution is 2.22. The van der Waals surface area contributed by atoms with E-state index in [1.54, 1.807) is 21.9 Å². The van der Waals surface area contributed by atoms with Gasteiger partial charge in [0.1, 0.15) is 5.82 Å². The topological polar surface area (TPSA) is 72.9 Å². The lowest BCUT2D eigenvalue weighted by atomic mass is 10.1. The van der Waals surface area contributed by atoms with Gasteiger partial charge in [0, 0.05) is 31.7 Å². The summed E-state index contributed by atoms with van der Waals surface area (Å²) >= 11 is 0. The zero-order valence-corrected chi connectivity index (χ0v) is 12.7. The Balaban J connectivity index is 1.57. The summed E-state index contributed by atoms with van der Waals surface area (Å²) in [5.74, 6) is -0.437. The van der Waals surface area contributed by atoms with Crippen LogP contribution in [0.1, 0.15) is 19.3 Å². The number of carbonyl (C=O) groups excluding carboxylic acids is 2. The first-order valence-corrected chi connectivity index (χ1v) is 7.82. The highest BCUT2D eigenvalue weighted by molar-refractivity contribution is 5.96. The molecule has 2 saturated heterocycles. The molecule has 2 fully saturated rings. The van der Waals surface area contributed by atoms with Crippen molar-refractivity contribution >= 4 is 17.6 Å². The lowest BCUT2D eigenvalue weighted by molar-refractivity contribution is -0.117. The van der Waals surface area contributed by atoms with Crippen LogP contribution in [0.5, 0.6) is 0 Å². The Bertz CT molecular complexity index is 585. The average molecular weight is 321 g/mol. The number of amides is 3. The van der Waals surface area contributed by atoms with Gasteiger partial charge in [-0.05, 0) is 37.1 Å². The average Bonchev–Trinajstić information content (AvgIpc) is 2.89. The number of benzene rings is 1. The van der Waals surface area contributed by atoms with Crippen LogP contribution >= 0.6 is 0 Å². The van der Waals surface area contributed by atoms with E-state index in [9.17, 15) is 19.1 Å². The molecule has 2 aliphatic rings. The molecule has 2 aliphatic heterocycles. The smallest absolute Gasteiger partial charge is 0.317 e. The van der Waals surface area contributed by atoms with Gasteiger partial charge < -0.3 is 20.2 Å². The standard InChI is InChI=1S/C16H20FN3O3/c17-11-1-3-13(4-2-11)20-10-12(9-15(20)22)18-16(23)19-7-5-14(21)6-8-19/h1-4,12,14,21H,5-10H2,(H,18,23)/t12-/m1/s1. The van der Waals surface area contributed by atoms with E-state index in [-0.39, 0.29) is 36.3 Å². The second kappa shape index (κ2) is 6.54. The van der Waals surface area contributed by atoms with Gasteiger partial charge in [-0.25, -0.2) is 9.18 Å². The van der Waals surface area contributed by atoms with Crippen molar-refractivity contribution in [1.29, 1.82) is 0 Å². The van der Waals surface area contributed by atoms with Gasteiger partial charge in [0.2, 0.25) is 5.91 Å². The van der Waals surface area contributed by atoms with Crippen molar-refractivity contribution in [3.05, 3.63) is 30.1 Å². The van der Waals surface area contributed by atoms with E-state index in [0.29, 0.717) is 38.2 Å². The van der Waals surface area contributed by atoms with Gasteiger partial charge in [-0.1, -0.05) is 0 Å². The molecule has 0 aliphatic carbocycles. The van der Waals surface area contributed by atoms with Gasteiger partial charge in [0.25, 0.3) is 0 Å². The Morgan fingerprint density at radius 1 is 1.22 bits per heavy atom. The van der Waals surface area contributed by atoms with E-state index in [0.717, 1.165) is 0 Å². The maximum Gasteiger partial charge on any atom is 0.317 e. The highest BCUT2D eigenvalue weighted by Gasteiger charge is 2.33. The molecular weight excluding hydrogens is 301 g/mol. The highest BCUT2D eigenvalue weighted by atomic mass is 19.1. The molecule has 0 spiro atoms. The minimum Gasteiger partial charge on any atom is -0.393 e. The fourth-order valence-corrected chi connectivity index (χ4v) is 3.01.